The van der Waals surface area contributed by atoms with Crippen LogP contribution in [0, 0.1) is 11.3 Å². The maximum absolute atomic E-state index is 11.7. The van der Waals surface area contributed by atoms with Gasteiger partial charge < -0.3 is 0 Å². The number of carbonyl (C=O) groups excluding carboxylic acids is 1. The second-order valence-corrected chi connectivity index (χ2v) is 5.18. The molecule has 0 spiro atoms. The highest BCUT2D eigenvalue weighted by Crippen LogP contribution is 2.35. The summed E-state index contributed by atoms with van der Waals surface area (Å²) >= 11 is 3.86. The molecule has 0 N–H and O–H groups in total. The lowest BCUT2D eigenvalue weighted by Crippen LogP contribution is -2.06. The quantitative estimate of drug-likeness (QED) is 0.860. The summed E-state index contributed by atoms with van der Waals surface area (Å²) in [6, 6.07) is 11.9. The first-order valence-electron chi connectivity index (χ1n) is 6.47. The molecular weight excluding hydrogens is 268 g/mol. The van der Waals surface area contributed by atoms with E-state index in [2.05, 4.69) is 23.7 Å². The smallest absolute Gasteiger partial charge is 0.236 e. The van der Waals surface area contributed by atoms with Crippen LogP contribution in [0.15, 0.2) is 30.3 Å². The Bertz CT molecular complexity index is 732. The highest BCUT2D eigenvalue weighted by atomic mass is 32.1. The fourth-order valence-electron chi connectivity index (χ4n) is 2.77. The maximum atomic E-state index is 11.7. The zero-order chi connectivity index (χ0) is 14.1. The molecular formula is C16H12N2OS. The number of rotatable bonds is 2. The molecule has 1 aliphatic rings. The largest absolute Gasteiger partial charge is 0.280 e. The predicted octanol–water partition coefficient (Wildman–Crippen LogP) is 3.18. The highest BCUT2D eigenvalue weighted by Gasteiger charge is 2.25. The molecule has 2 aromatic rings. The Kier molecular flexibility index (Phi) is 3.29. The molecule has 0 radical (unpaired) electrons. The second-order valence-electron chi connectivity index (χ2n) is 4.77. The van der Waals surface area contributed by atoms with Gasteiger partial charge in [0.2, 0.25) is 5.12 Å². The van der Waals surface area contributed by atoms with Crippen molar-refractivity contribution in [3.8, 4) is 17.2 Å². The van der Waals surface area contributed by atoms with Gasteiger partial charge >= 0.3 is 0 Å². The third kappa shape index (κ3) is 2.00. The standard InChI is InChI=1S/C16H12N2OS/c17-9-12-14(10-5-2-1-3-6-10)11-7-4-8-13(11)18-15(12)16(19)20/h1-3,5-6H,4,7-8H2,(H,19,20). The van der Waals surface area contributed by atoms with E-state index in [1.165, 1.54) is 0 Å². The van der Waals surface area contributed by atoms with Crippen molar-refractivity contribution >= 4 is 17.7 Å². The Balaban J connectivity index is 2.37. The van der Waals surface area contributed by atoms with E-state index in [0.29, 0.717) is 5.56 Å². The minimum Gasteiger partial charge on any atom is -0.280 e. The van der Waals surface area contributed by atoms with Gasteiger partial charge in [0, 0.05) is 11.3 Å². The number of nitrogens with zero attached hydrogens (tertiary/aromatic N) is 2. The minimum absolute atomic E-state index is 0.176. The lowest BCUT2D eigenvalue weighted by Gasteiger charge is -2.13. The van der Waals surface area contributed by atoms with E-state index in [9.17, 15) is 10.1 Å². The minimum atomic E-state index is -0.451. The highest BCUT2D eigenvalue weighted by molar-refractivity contribution is 7.97. The van der Waals surface area contributed by atoms with Gasteiger partial charge in [-0.3, -0.25) is 4.79 Å². The van der Waals surface area contributed by atoms with Gasteiger partial charge in [-0.25, -0.2) is 4.98 Å². The number of hydrogen-bond acceptors (Lipinski definition) is 3. The van der Waals surface area contributed by atoms with E-state index >= 15 is 0 Å². The zero-order valence-electron chi connectivity index (χ0n) is 10.8. The van der Waals surface area contributed by atoms with Crippen LogP contribution >= 0.6 is 12.6 Å². The molecule has 0 amide bonds. The molecule has 0 saturated carbocycles. The molecule has 0 aliphatic heterocycles. The summed E-state index contributed by atoms with van der Waals surface area (Å²) < 4.78 is 0. The molecule has 4 heteroatoms. The molecule has 1 aliphatic carbocycles. The van der Waals surface area contributed by atoms with Crippen molar-refractivity contribution in [3.63, 3.8) is 0 Å². The van der Waals surface area contributed by atoms with Crippen LogP contribution in [-0.4, -0.2) is 10.1 Å². The topological polar surface area (TPSA) is 53.8 Å². The van der Waals surface area contributed by atoms with E-state index in [-0.39, 0.29) is 5.69 Å². The Labute approximate surface area is 122 Å². The van der Waals surface area contributed by atoms with Gasteiger partial charge in [0.1, 0.15) is 11.8 Å². The average molecular weight is 280 g/mol. The molecule has 0 saturated heterocycles. The summed E-state index contributed by atoms with van der Waals surface area (Å²) in [6.45, 7) is 0. The number of fused-ring (bicyclic) bond motifs is 1. The first-order chi connectivity index (χ1) is 9.72. The van der Waals surface area contributed by atoms with Crippen LogP contribution in [0.25, 0.3) is 11.1 Å². The predicted molar refractivity (Wildman–Crippen MR) is 79.7 cm³/mol. The normalized spacial score (nSPS) is 12.8. The number of benzene rings is 1. The van der Waals surface area contributed by atoms with Gasteiger partial charge in [0.15, 0.2) is 0 Å². The molecule has 1 aromatic heterocycles. The molecule has 0 bridgehead atoms. The monoisotopic (exact) mass is 280 g/mol. The molecule has 20 heavy (non-hydrogen) atoms. The molecule has 1 aromatic carbocycles. The van der Waals surface area contributed by atoms with Crippen molar-refractivity contribution in [2.75, 3.05) is 0 Å². The van der Waals surface area contributed by atoms with E-state index in [4.69, 9.17) is 0 Å². The van der Waals surface area contributed by atoms with Crippen LogP contribution < -0.4 is 0 Å². The molecule has 0 fully saturated rings. The third-order valence-corrected chi connectivity index (χ3v) is 3.81. The molecule has 98 valence electrons. The van der Waals surface area contributed by atoms with Gasteiger partial charge in [-0.2, -0.15) is 5.26 Å². The summed E-state index contributed by atoms with van der Waals surface area (Å²) in [7, 11) is 0. The maximum Gasteiger partial charge on any atom is 0.236 e. The van der Waals surface area contributed by atoms with Crippen molar-refractivity contribution in [1.82, 2.24) is 4.98 Å². The van der Waals surface area contributed by atoms with Crippen molar-refractivity contribution in [1.29, 1.82) is 5.26 Å². The van der Waals surface area contributed by atoms with Crippen molar-refractivity contribution in [2.24, 2.45) is 0 Å². The SMILES string of the molecule is N#Cc1c(C(=O)S)nc2c(c1-c1ccccc1)CCC2. The van der Waals surface area contributed by atoms with E-state index in [1.807, 2.05) is 30.3 Å². The molecule has 3 nitrogen and oxygen atoms in total. The first kappa shape index (κ1) is 12.9. The number of carbonyl (C=O) groups is 1. The Morgan fingerprint density at radius 2 is 2.00 bits per heavy atom. The lowest BCUT2D eigenvalue weighted by atomic mass is 9.93. The Morgan fingerprint density at radius 3 is 2.65 bits per heavy atom. The molecule has 0 atom stereocenters. The van der Waals surface area contributed by atoms with Crippen LogP contribution in [0.4, 0.5) is 0 Å². The Morgan fingerprint density at radius 1 is 1.25 bits per heavy atom. The lowest BCUT2D eigenvalue weighted by molar-refractivity contribution is 0.108. The van der Waals surface area contributed by atoms with Gasteiger partial charge in [0.25, 0.3) is 0 Å². The summed E-state index contributed by atoms with van der Waals surface area (Å²) in [5.41, 5.74) is 4.37. The summed E-state index contributed by atoms with van der Waals surface area (Å²) in [4.78, 5) is 16.0. The Hall–Kier alpha value is -2.12. The van der Waals surface area contributed by atoms with E-state index < -0.39 is 5.12 Å². The fraction of sp³-hybridized carbons (Fsp3) is 0.188. The van der Waals surface area contributed by atoms with Gasteiger partial charge in [-0.05, 0) is 30.4 Å². The van der Waals surface area contributed by atoms with Crippen molar-refractivity contribution < 1.29 is 4.79 Å². The van der Waals surface area contributed by atoms with Crippen LogP contribution in [0.1, 0.15) is 33.7 Å². The molecule has 0 unspecified atom stereocenters. The van der Waals surface area contributed by atoms with Crippen LogP contribution in [-0.2, 0) is 12.8 Å². The third-order valence-electron chi connectivity index (χ3n) is 3.60. The van der Waals surface area contributed by atoms with Gasteiger partial charge in [0.05, 0.1) is 5.56 Å². The number of hydrogen-bond donors (Lipinski definition) is 1. The molecule has 3 rings (SSSR count). The number of thiol groups is 1. The second kappa shape index (κ2) is 5.10. The first-order valence-corrected chi connectivity index (χ1v) is 6.91. The van der Waals surface area contributed by atoms with Gasteiger partial charge in [-0.15, -0.1) is 0 Å². The van der Waals surface area contributed by atoms with Crippen molar-refractivity contribution in [2.45, 2.75) is 19.3 Å². The van der Waals surface area contributed by atoms with Crippen LogP contribution in [0.3, 0.4) is 0 Å². The van der Waals surface area contributed by atoms with E-state index in [1.54, 1.807) is 0 Å². The number of nitriles is 1. The average Bonchev–Trinajstić information content (AvgIpc) is 2.93. The fourth-order valence-corrected chi connectivity index (χ4v) is 2.93. The van der Waals surface area contributed by atoms with Crippen LogP contribution in [0.2, 0.25) is 0 Å². The summed E-state index contributed by atoms with van der Waals surface area (Å²) in [6.07, 6.45) is 2.77. The number of aromatic nitrogens is 1. The van der Waals surface area contributed by atoms with E-state index in [0.717, 1.165) is 41.6 Å². The molecule has 1 heterocycles. The van der Waals surface area contributed by atoms with Gasteiger partial charge in [-0.1, -0.05) is 43.0 Å². The summed E-state index contributed by atoms with van der Waals surface area (Å²) in [5, 5.41) is 9.01. The number of pyridine rings is 1. The van der Waals surface area contributed by atoms with Crippen LogP contribution in [0.5, 0.6) is 0 Å². The summed E-state index contributed by atoms with van der Waals surface area (Å²) in [5.74, 6) is 0. The zero-order valence-corrected chi connectivity index (χ0v) is 11.7. The number of aryl methyl sites for hydroxylation is 1. The van der Waals surface area contributed by atoms with Crippen molar-refractivity contribution in [3.05, 3.63) is 52.8 Å².